The predicted molar refractivity (Wildman–Crippen MR) is 82.1 cm³/mol. The molecule has 0 heterocycles. The first-order valence-electron chi connectivity index (χ1n) is 8.14. The molecule has 0 spiro atoms. The van der Waals surface area contributed by atoms with Gasteiger partial charge in [0.25, 0.3) is 0 Å². The summed E-state index contributed by atoms with van der Waals surface area (Å²) in [6.45, 7) is -3.04. The first kappa shape index (κ1) is 18.7. The van der Waals surface area contributed by atoms with Crippen molar-refractivity contribution in [1.82, 2.24) is 0 Å². The van der Waals surface area contributed by atoms with Crippen molar-refractivity contribution in [3.05, 3.63) is 41.7 Å². The number of ether oxygens (including phenoxy) is 1. The molecule has 24 heavy (non-hydrogen) atoms. The van der Waals surface area contributed by atoms with E-state index in [1.807, 2.05) is 12.2 Å². The van der Waals surface area contributed by atoms with Crippen LogP contribution in [0.4, 0.5) is 22.0 Å². The minimum Gasteiger partial charge on any atom is -0.432 e. The summed E-state index contributed by atoms with van der Waals surface area (Å²) in [4.78, 5) is 0. The molecule has 0 aliphatic heterocycles. The van der Waals surface area contributed by atoms with Crippen LogP contribution in [0.3, 0.4) is 0 Å². The second kappa shape index (κ2) is 9.04. The van der Waals surface area contributed by atoms with E-state index in [1.54, 1.807) is 6.07 Å². The summed E-state index contributed by atoms with van der Waals surface area (Å²) in [6.07, 6.45) is 5.35. The maximum Gasteiger partial charge on any atom is 0.387 e. The Labute approximate surface area is 138 Å². The van der Waals surface area contributed by atoms with Gasteiger partial charge in [-0.1, -0.05) is 18.2 Å². The third-order valence-corrected chi connectivity index (χ3v) is 4.38. The van der Waals surface area contributed by atoms with Crippen LogP contribution in [0, 0.1) is 11.7 Å². The Kier molecular flexibility index (Phi) is 7.06. The van der Waals surface area contributed by atoms with E-state index in [4.69, 9.17) is 0 Å². The average Bonchev–Trinajstić information content (AvgIpc) is 2.53. The highest BCUT2D eigenvalue weighted by Crippen LogP contribution is 2.37. The lowest BCUT2D eigenvalue weighted by Crippen LogP contribution is -2.12. The first-order chi connectivity index (χ1) is 11.5. The molecule has 0 atom stereocenters. The molecule has 1 aromatic carbocycles. The molecular weight excluding hydrogens is 327 g/mol. The van der Waals surface area contributed by atoms with E-state index < -0.39 is 24.6 Å². The smallest absolute Gasteiger partial charge is 0.387 e. The van der Waals surface area contributed by atoms with Crippen molar-refractivity contribution >= 4 is 0 Å². The van der Waals surface area contributed by atoms with Crippen molar-refractivity contribution < 1.29 is 26.7 Å². The van der Waals surface area contributed by atoms with Crippen LogP contribution >= 0.6 is 0 Å². The van der Waals surface area contributed by atoms with Gasteiger partial charge in [0.15, 0.2) is 11.6 Å². The van der Waals surface area contributed by atoms with E-state index in [9.17, 15) is 22.0 Å². The van der Waals surface area contributed by atoms with Crippen LogP contribution in [-0.4, -0.2) is 13.0 Å². The second-order valence-corrected chi connectivity index (χ2v) is 6.08. The van der Waals surface area contributed by atoms with Gasteiger partial charge in [-0.3, -0.25) is 0 Å². The van der Waals surface area contributed by atoms with E-state index in [0.29, 0.717) is 12.3 Å². The van der Waals surface area contributed by atoms with Gasteiger partial charge in [-0.25, -0.2) is 13.2 Å². The van der Waals surface area contributed by atoms with E-state index >= 15 is 0 Å². The highest BCUT2D eigenvalue weighted by atomic mass is 19.3. The standard InChI is InChI=1S/C18H21F5O/c19-15-11-14(9-10-16(15)24-18(22)23)13-7-5-12(6-8-13)3-1-2-4-17(20)21/h1,3,9-13,17-18H,2,4-8H2. The van der Waals surface area contributed by atoms with Gasteiger partial charge < -0.3 is 4.74 Å². The number of rotatable bonds is 7. The summed E-state index contributed by atoms with van der Waals surface area (Å²) < 4.78 is 66.3. The molecule has 0 aromatic heterocycles. The van der Waals surface area contributed by atoms with Gasteiger partial charge in [0, 0.05) is 6.42 Å². The number of halogens is 5. The molecule has 0 amide bonds. The maximum atomic E-state index is 13.8. The fourth-order valence-corrected chi connectivity index (χ4v) is 3.12. The minimum atomic E-state index is -3.04. The van der Waals surface area contributed by atoms with Gasteiger partial charge in [-0.2, -0.15) is 8.78 Å². The predicted octanol–water partition coefficient (Wildman–Crippen LogP) is 6.30. The number of hydrogen-bond donors (Lipinski definition) is 0. The van der Waals surface area contributed by atoms with Gasteiger partial charge in [0.1, 0.15) is 0 Å². The number of benzene rings is 1. The van der Waals surface area contributed by atoms with Gasteiger partial charge in [-0.05, 0) is 61.6 Å². The van der Waals surface area contributed by atoms with E-state index in [2.05, 4.69) is 4.74 Å². The largest absolute Gasteiger partial charge is 0.432 e. The summed E-state index contributed by atoms with van der Waals surface area (Å²) in [5.74, 6) is -0.665. The van der Waals surface area contributed by atoms with Crippen LogP contribution in [-0.2, 0) is 0 Å². The van der Waals surface area contributed by atoms with Gasteiger partial charge in [-0.15, -0.1) is 0 Å². The van der Waals surface area contributed by atoms with Crippen molar-refractivity contribution in [3.63, 3.8) is 0 Å². The van der Waals surface area contributed by atoms with Crippen molar-refractivity contribution in [1.29, 1.82) is 0 Å². The van der Waals surface area contributed by atoms with Crippen LogP contribution in [0.25, 0.3) is 0 Å². The molecule has 0 saturated heterocycles. The third kappa shape index (κ3) is 5.80. The normalized spacial score (nSPS) is 21.8. The Morgan fingerprint density at radius 2 is 1.79 bits per heavy atom. The molecule has 0 radical (unpaired) electrons. The number of hydrogen-bond acceptors (Lipinski definition) is 1. The fraction of sp³-hybridized carbons (Fsp3) is 0.556. The highest BCUT2D eigenvalue weighted by Gasteiger charge is 2.22. The third-order valence-electron chi connectivity index (χ3n) is 4.38. The molecule has 1 nitrogen and oxygen atoms in total. The van der Waals surface area contributed by atoms with E-state index in [0.717, 1.165) is 31.2 Å². The van der Waals surface area contributed by atoms with Gasteiger partial charge in [0.2, 0.25) is 6.43 Å². The van der Waals surface area contributed by atoms with Crippen molar-refractivity contribution in [2.45, 2.75) is 57.5 Å². The van der Waals surface area contributed by atoms with Crippen LogP contribution in [0.1, 0.15) is 50.0 Å². The van der Waals surface area contributed by atoms with Crippen LogP contribution < -0.4 is 4.74 Å². The van der Waals surface area contributed by atoms with Crippen LogP contribution in [0.15, 0.2) is 30.4 Å². The zero-order valence-corrected chi connectivity index (χ0v) is 13.2. The van der Waals surface area contributed by atoms with Crippen LogP contribution in [0.2, 0.25) is 0 Å². The SMILES string of the molecule is Fc1cc(C2CCC(C=CCCC(F)F)CC2)ccc1OC(F)F. The number of allylic oxidation sites excluding steroid dienone is 2. The Morgan fingerprint density at radius 3 is 2.38 bits per heavy atom. The maximum absolute atomic E-state index is 13.8. The van der Waals surface area contributed by atoms with E-state index in [-0.39, 0.29) is 12.3 Å². The summed E-state index contributed by atoms with van der Waals surface area (Å²) >= 11 is 0. The Morgan fingerprint density at radius 1 is 1.08 bits per heavy atom. The second-order valence-electron chi connectivity index (χ2n) is 6.08. The lowest BCUT2D eigenvalue weighted by atomic mass is 9.78. The van der Waals surface area contributed by atoms with Crippen molar-refractivity contribution in [2.75, 3.05) is 0 Å². The molecule has 0 unspecified atom stereocenters. The lowest BCUT2D eigenvalue weighted by molar-refractivity contribution is -0.0522. The zero-order valence-electron chi connectivity index (χ0n) is 13.2. The molecule has 1 saturated carbocycles. The molecule has 1 aliphatic rings. The summed E-state index contributed by atoms with van der Waals surface area (Å²) in [5, 5.41) is 0. The fourth-order valence-electron chi connectivity index (χ4n) is 3.12. The summed E-state index contributed by atoms with van der Waals surface area (Å²) in [7, 11) is 0. The zero-order chi connectivity index (χ0) is 17.5. The average molecular weight is 348 g/mol. The highest BCUT2D eigenvalue weighted by molar-refractivity contribution is 5.31. The summed E-state index contributed by atoms with van der Waals surface area (Å²) in [5.41, 5.74) is 0.786. The molecule has 1 aliphatic carbocycles. The molecule has 0 N–H and O–H groups in total. The summed E-state index contributed by atoms with van der Waals surface area (Å²) in [6, 6.07) is 4.14. The van der Waals surface area contributed by atoms with Gasteiger partial charge in [0.05, 0.1) is 0 Å². The number of alkyl halides is 4. The molecular formula is C18H21F5O. The Balaban J connectivity index is 1.85. The molecule has 6 heteroatoms. The molecule has 1 fully saturated rings. The quantitative estimate of drug-likeness (QED) is 0.415. The van der Waals surface area contributed by atoms with Crippen LogP contribution in [0.5, 0.6) is 5.75 Å². The first-order valence-corrected chi connectivity index (χ1v) is 8.14. The molecule has 0 bridgehead atoms. The topological polar surface area (TPSA) is 9.23 Å². The monoisotopic (exact) mass is 348 g/mol. The van der Waals surface area contributed by atoms with Crippen molar-refractivity contribution in [2.24, 2.45) is 5.92 Å². The molecule has 134 valence electrons. The van der Waals surface area contributed by atoms with Crippen molar-refractivity contribution in [3.8, 4) is 5.75 Å². The minimum absolute atomic E-state index is 0.113. The molecule has 1 aromatic rings. The Bertz CT molecular complexity index is 536. The Hall–Kier alpha value is -1.59. The molecule has 2 rings (SSSR count). The van der Waals surface area contributed by atoms with E-state index in [1.165, 1.54) is 12.1 Å². The lowest BCUT2D eigenvalue weighted by Gasteiger charge is -2.27. The van der Waals surface area contributed by atoms with Gasteiger partial charge >= 0.3 is 6.61 Å².